The van der Waals surface area contributed by atoms with Gasteiger partial charge in [-0.2, -0.15) is 0 Å². The van der Waals surface area contributed by atoms with Gasteiger partial charge in [0, 0.05) is 35.3 Å². The molecule has 1 aromatic heterocycles. The molecular weight excluding hydrogens is 346 g/mol. The van der Waals surface area contributed by atoms with E-state index in [9.17, 15) is 4.79 Å². The van der Waals surface area contributed by atoms with Crippen LogP contribution < -0.4 is 10.9 Å². The molecule has 0 spiro atoms. The highest BCUT2D eigenvalue weighted by Gasteiger charge is 2.27. The van der Waals surface area contributed by atoms with Crippen molar-refractivity contribution in [2.24, 2.45) is 4.99 Å². The molecule has 1 aromatic carbocycles. The summed E-state index contributed by atoms with van der Waals surface area (Å²) in [6.45, 7) is 8.56. The van der Waals surface area contributed by atoms with Crippen LogP contribution in [0, 0.1) is 0 Å². The Balaban J connectivity index is 1.82. The predicted molar refractivity (Wildman–Crippen MR) is 117 cm³/mol. The highest BCUT2D eigenvalue weighted by molar-refractivity contribution is 6.03. The van der Waals surface area contributed by atoms with Crippen LogP contribution in [0.4, 0.5) is 0 Å². The molecule has 0 bridgehead atoms. The van der Waals surface area contributed by atoms with E-state index in [4.69, 9.17) is 0 Å². The van der Waals surface area contributed by atoms with Crippen LogP contribution in [0.25, 0.3) is 10.9 Å². The smallest absolute Gasteiger partial charge is 0.251 e. The molecule has 1 heterocycles. The van der Waals surface area contributed by atoms with E-state index in [-0.39, 0.29) is 11.6 Å². The van der Waals surface area contributed by atoms with Crippen molar-refractivity contribution in [1.29, 1.82) is 0 Å². The van der Waals surface area contributed by atoms with Crippen molar-refractivity contribution >= 4 is 16.7 Å². The summed E-state index contributed by atoms with van der Waals surface area (Å²) in [6.07, 6.45) is 11.7. The van der Waals surface area contributed by atoms with E-state index in [1.54, 1.807) is 0 Å². The number of aromatic nitrogens is 1. The van der Waals surface area contributed by atoms with E-state index in [0.29, 0.717) is 12.5 Å². The first-order valence-corrected chi connectivity index (χ1v) is 10.1. The van der Waals surface area contributed by atoms with Crippen LogP contribution in [-0.2, 0) is 6.54 Å². The summed E-state index contributed by atoms with van der Waals surface area (Å²) in [5.41, 5.74) is 4.08. The number of pyridine rings is 1. The SMILES string of the molecule is C=C(C)/N=C(\NC1C=CC=CC1)c1ccc2c(c1)c(C1CC1)cc(=O)n2CC. The van der Waals surface area contributed by atoms with Crippen molar-refractivity contribution in [2.75, 3.05) is 0 Å². The number of hydrogen-bond donors (Lipinski definition) is 1. The Kier molecular flexibility index (Phi) is 5.03. The Morgan fingerprint density at radius 1 is 1.29 bits per heavy atom. The quantitative estimate of drug-likeness (QED) is 0.612. The molecule has 1 unspecified atom stereocenters. The standard InChI is InChI=1S/C24H27N3O/c1-4-27-22-13-12-18(14-21(22)20(15-23(27)28)17-10-11-17)24(25-16(2)3)26-19-8-6-5-7-9-19/h5-8,12-15,17,19H,2,4,9-11H2,1,3H3,(H,25,26). The lowest BCUT2D eigenvalue weighted by molar-refractivity contribution is 0.733. The minimum Gasteiger partial charge on any atom is -0.363 e. The van der Waals surface area contributed by atoms with Crippen molar-refractivity contribution in [2.45, 2.75) is 51.6 Å². The van der Waals surface area contributed by atoms with Gasteiger partial charge in [0.05, 0.1) is 5.52 Å². The molecule has 4 rings (SSSR count). The van der Waals surface area contributed by atoms with Gasteiger partial charge in [-0.1, -0.05) is 30.9 Å². The number of fused-ring (bicyclic) bond motifs is 1. The fraction of sp³-hybridized carbons (Fsp3) is 0.333. The molecule has 1 saturated carbocycles. The maximum absolute atomic E-state index is 12.5. The molecule has 144 valence electrons. The van der Waals surface area contributed by atoms with Gasteiger partial charge in [-0.25, -0.2) is 4.99 Å². The van der Waals surface area contributed by atoms with Gasteiger partial charge in [0.25, 0.3) is 5.56 Å². The van der Waals surface area contributed by atoms with Crippen LogP contribution in [0.1, 0.15) is 50.2 Å². The van der Waals surface area contributed by atoms with E-state index >= 15 is 0 Å². The van der Waals surface area contributed by atoms with Crippen LogP contribution in [0.2, 0.25) is 0 Å². The fourth-order valence-electron chi connectivity index (χ4n) is 3.85. The van der Waals surface area contributed by atoms with Gasteiger partial charge in [0.15, 0.2) is 0 Å². The van der Waals surface area contributed by atoms with Crippen molar-refractivity contribution in [3.8, 4) is 0 Å². The number of benzene rings is 1. The van der Waals surface area contributed by atoms with E-state index in [2.05, 4.69) is 59.4 Å². The normalized spacial score (nSPS) is 19.2. The van der Waals surface area contributed by atoms with Crippen molar-refractivity contribution in [1.82, 2.24) is 9.88 Å². The summed E-state index contributed by atoms with van der Waals surface area (Å²) >= 11 is 0. The average molecular weight is 374 g/mol. The Bertz CT molecular complexity index is 1070. The van der Waals surface area contributed by atoms with Gasteiger partial charge in [-0.05, 0) is 62.8 Å². The Morgan fingerprint density at radius 2 is 2.11 bits per heavy atom. The number of aryl methyl sites for hydroxylation is 1. The van der Waals surface area contributed by atoms with Gasteiger partial charge in [-0.3, -0.25) is 4.79 Å². The summed E-state index contributed by atoms with van der Waals surface area (Å²) < 4.78 is 1.85. The molecule has 1 fully saturated rings. The number of nitrogens with zero attached hydrogens (tertiary/aromatic N) is 2. The molecular formula is C24H27N3O. The van der Waals surface area contributed by atoms with Crippen molar-refractivity contribution < 1.29 is 0 Å². The minimum atomic E-state index is 0.0951. The van der Waals surface area contributed by atoms with Gasteiger partial charge >= 0.3 is 0 Å². The molecule has 0 radical (unpaired) electrons. The molecule has 1 N–H and O–H groups in total. The van der Waals surface area contributed by atoms with E-state index in [1.807, 2.05) is 24.5 Å². The van der Waals surface area contributed by atoms with E-state index in [1.165, 1.54) is 18.4 Å². The molecule has 4 nitrogen and oxygen atoms in total. The number of amidine groups is 1. The van der Waals surface area contributed by atoms with Crippen LogP contribution >= 0.6 is 0 Å². The van der Waals surface area contributed by atoms with E-state index in [0.717, 1.165) is 34.4 Å². The lowest BCUT2D eigenvalue weighted by atomic mass is 10.0. The first-order chi connectivity index (χ1) is 13.6. The van der Waals surface area contributed by atoms with Gasteiger partial charge in [0.1, 0.15) is 5.84 Å². The second-order valence-electron chi connectivity index (χ2n) is 7.68. The second-order valence-corrected chi connectivity index (χ2v) is 7.68. The molecule has 2 aliphatic carbocycles. The van der Waals surface area contributed by atoms with Gasteiger partial charge in [-0.15, -0.1) is 0 Å². The monoisotopic (exact) mass is 373 g/mol. The fourth-order valence-corrected chi connectivity index (χ4v) is 3.85. The topological polar surface area (TPSA) is 46.4 Å². The first-order valence-electron chi connectivity index (χ1n) is 10.1. The van der Waals surface area contributed by atoms with Crippen molar-refractivity contribution in [3.05, 3.63) is 82.3 Å². The summed E-state index contributed by atoms with van der Waals surface area (Å²) in [4.78, 5) is 17.2. The lowest BCUT2D eigenvalue weighted by Gasteiger charge is -2.20. The molecule has 28 heavy (non-hydrogen) atoms. The zero-order valence-corrected chi connectivity index (χ0v) is 16.6. The summed E-state index contributed by atoms with van der Waals surface area (Å²) in [7, 11) is 0. The van der Waals surface area contributed by atoms with Crippen LogP contribution in [0.15, 0.2) is 70.6 Å². The number of nitrogens with one attached hydrogen (secondary N) is 1. The van der Waals surface area contributed by atoms with E-state index < -0.39 is 0 Å². The second kappa shape index (κ2) is 7.63. The van der Waals surface area contributed by atoms with Gasteiger partial charge < -0.3 is 9.88 Å². The maximum atomic E-state index is 12.5. The lowest BCUT2D eigenvalue weighted by Crippen LogP contribution is -2.34. The number of hydrogen-bond acceptors (Lipinski definition) is 2. The highest BCUT2D eigenvalue weighted by Crippen LogP contribution is 2.42. The Labute approximate surface area is 166 Å². The molecule has 0 amide bonds. The summed E-state index contributed by atoms with van der Waals surface area (Å²) in [5, 5.41) is 4.72. The van der Waals surface area contributed by atoms with Crippen LogP contribution in [-0.4, -0.2) is 16.4 Å². The predicted octanol–water partition coefficient (Wildman–Crippen LogP) is 4.65. The third-order valence-corrected chi connectivity index (χ3v) is 5.36. The van der Waals surface area contributed by atoms with Crippen LogP contribution in [0.5, 0.6) is 0 Å². The zero-order valence-electron chi connectivity index (χ0n) is 16.6. The molecule has 0 aliphatic heterocycles. The Hall–Kier alpha value is -2.88. The van der Waals surface area contributed by atoms with Crippen LogP contribution in [0.3, 0.4) is 0 Å². The first kappa shape index (κ1) is 18.5. The third-order valence-electron chi connectivity index (χ3n) is 5.36. The third kappa shape index (κ3) is 3.72. The minimum absolute atomic E-state index is 0.0951. The zero-order chi connectivity index (χ0) is 19.7. The summed E-state index contributed by atoms with van der Waals surface area (Å²) in [6, 6.07) is 8.36. The molecule has 2 aliphatic rings. The number of allylic oxidation sites excluding steroid dienone is 3. The molecule has 0 saturated heterocycles. The number of rotatable bonds is 5. The average Bonchev–Trinajstić information content (AvgIpc) is 3.52. The molecule has 4 heteroatoms. The molecule has 2 aromatic rings. The highest BCUT2D eigenvalue weighted by atomic mass is 16.1. The number of aliphatic imine (C=N–C) groups is 1. The summed E-state index contributed by atoms with van der Waals surface area (Å²) in [5.74, 6) is 1.34. The van der Waals surface area contributed by atoms with Gasteiger partial charge in [0.2, 0.25) is 0 Å². The maximum Gasteiger partial charge on any atom is 0.251 e. The largest absolute Gasteiger partial charge is 0.363 e. The Morgan fingerprint density at radius 3 is 2.75 bits per heavy atom. The molecule has 1 atom stereocenters. The van der Waals surface area contributed by atoms with Crippen molar-refractivity contribution in [3.63, 3.8) is 0 Å².